The van der Waals surface area contributed by atoms with Gasteiger partial charge in [-0.05, 0) is 29.2 Å². The van der Waals surface area contributed by atoms with E-state index in [1.807, 2.05) is 18.2 Å². The summed E-state index contributed by atoms with van der Waals surface area (Å²) in [4.78, 5) is 1.23. The zero-order chi connectivity index (χ0) is 12.0. The van der Waals surface area contributed by atoms with Crippen molar-refractivity contribution in [1.29, 1.82) is 0 Å². The van der Waals surface area contributed by atoms with Crippen LogP contribution in [0.3, 0.4) is 0 Å². The number of hydrogen-bond acceptors (Lipinski definition) is 2. The van der Waals surface area contributed by atoms with Crippen LogP contribution in [0.15, 0.2) is 46.2 Å². The van der Waals surface area contributed by atoms with E-state index in [1.165, 1.54) is 4.90 Å². The van der Waals surface area contributed by atoms with Crippen LogP contribution in [0.2, 0.25) is 25.7 Å². The molecule has 0 aliphatic heterocycles. The summed E-state index contributed by atoms with van der Waals surface area (Å²) in [5.74, 6) is 0. The summed E-state index contributed by atoms with van der Waals surface area (Å²) in [5, 5.41) is 11.4. The Morgan fingerprint density at radius 2 is 1.88 bits per heavy atom. The molecule has 1 nitrogen and oxygen atoms in total. The highest BCUT2D eigenvalue weighted by molar-refractivity contribution is 8.02. The first-order valence-corrected chi connectivity index (χ1v) is 10.1. The van der Waals surface area contributed by atoms with E-state index in [0.717, 1.165) is 11.6 Å². The van der Waals surface area contributed by atoms with Crippen molar-refractivity contribution in [1.82, 2.24) is 0 Å². The van der Waals surface area contributed by atoms with Crippen molar-refractivity contribution in [2.45, 2.75) is 30.6 Å². The van der Waals surface area contributed by atoms with Gasteiger partial charge in [-0.3, -0.25) is 0 Å². The Morgan fingerprint density at radius 3 is 2.38 bits per heavy atom. The first-order valence-electron chi connectivity index (χ1n) is 5.52. The minimum absolute atomic E-state index is 0.185. The lowest BCUT2D eigenvalue weighted by molar-refractivity contribution is 0.331. The number of thioether (sulfide) groups is 1. The predicted molar refractivity (Wildman–Crippen MR) is 75.6 cm³/mol. The third-order valence-electron chi connectivity index (χ3n) is 2.07. The molecule has 1 aromatic carbocycles. The van der Waals surface area contributed by atoms with Crippen LogP contribution in [0.1, 0.15) is 0 Å². The predicted octanol–water partition coefficient (Wildman–Crippen LogP) is 3.99. The molecule has 0 aromatic heterocycles. The molecule has 0 aliphatic carbocycles. The number of rotatable bonds is 5. The van der Waals surface area contributed by atoms with E-state index in [0.29, 0.717) is 0 Å². The largest absolute Gasteiger partial charge is 0.392 e. The van der Waals surface area contributed by atoms with E-state index >= 15 is 0 Å². The third-order valence-corrected chi connectivity index (χ3v) is 4.58. The summed E-state index contributed by atoms with van der Waals surface area (Å²) in [7, 11) is -1.12. The van der Waals surface area contributed by atoms with Crippen molar-refractivity contribution in [3.8, 4) is 0 Å². The van der Waals surface area contributed by atoms with Gasteiger partial charge in [0.05, 0.1) is 6.61 Å². The molecule has 0 atom stereocenters. The van der Waals surface area contributed by atoms with Gasteiger partial charge in [0.2, 0.25) is 0 Å². The Morgan fingerprint density at radius 1 is 1.25 bits per heavy atom. The molecule has 0 amide bonds. The van der Waals surface area contributed by atoms with Crippen LogP contribution < -0.4 is 0 Å². The average molecular weight is 252 g/mol. The lowest BCUT2D eigenvalue weighted by Crippen LogP contribution is -2.20. The van der Waals surface area contributed by atoms with Crippen molar-refractivity contribution < 1.29 is 5.11 Å². The number of hydrogen-bond donors (Lipinski definition) is 1. The van der Waals surface area contributed by atoms with Crippen LogP contribution >= 0.6 is 11.8 Å². The summed E-state index contributed by atoms with van der Waals surface area (Å²) in [6.07, 6.45) is 0. The van der Waals surface area contributed by atoms with Crippen molar-refractivity contribution in [3.63, 3.8) is 0 Å². The summed E-state index contributed by atoms with van der Waals surface area (Å²) >= 11 is 1.69. The second-order valence-electron chi connectivity index (χ2n) is 5.10. The van der Waals surface area contributed by atoms with Crippen LogP contribution in [0.4, 0.5) is 0 Å². The fourth-order valence-corrected chi connectivity index (χ4v) is 3.97. The van der Waals surface area contributed by atoms with Gasteiger partial charge in [-0.2, -0.15) is 0 Å². The highest BCUT2D eigenvalue weighted by atomic mass is 32.2. The topological polar surface area (TPSA) is 20.2 Å². The zero-order valence-corrected chi connectivity index (χ0v) is 12.1. The van der Waals surface area contributed by atoms with Crippen molar-refractivity contribution in [3.05, 3.63) is 41.3 Å². The molecule has 16 heavy (non-hydrogen) atoms. The van der Waals surface area contributed by atoms with Crippen molar-refractivity contribution in [2.75, 3.05) is 6.61 Å². The van der Waals surface area contributed by atoms with E-state index in [-0.39, 0.29) is 6.61 Å². The summed E-state index contributed by atoms with van der Waals surface area (Å²) in [6.45, 7) is 7.15. The lowest BCUT2D eigenvalue weighted by Gasteiger charge is -2.16. The van der Waals surface area contributed by atoms with E-state index in [9.17, 15) is 5.11 Å². The van der Waals surface area contributed by atoms with E-state index in [2.05, 4.69) is 37.2 Å². The molecule has 88 valence electrons. The molecule has 1 aromatic rings. The van der Waals surface area contributed by atoms with Gasteiger partial charge in [-0.1, -0.05) is 49.6 Å². The Balaban J connectivity index is 2.60. The maximum Gasteiger partial charge on any atom is 0.0647 e. The fraction of sp³-hybridized carbons (Fsp3) is 0.385. The molecule has 0 saturated carbocycles. The highest BCUT2D eigenvalue weighted by Crippen LogP contribution is 2.24. The smallest absolute Gasteiger partial charge is 0.0647 e. The number of aliphatic hydroxyl groups excluding tert-OH is 1. The summed E-state index contributed by atoms with van der Waals surface area (Å²) < 4.78 is 0. The summed E-state index contributed by atoms with van der Waals surface area (Å²) in [6, 6.07) is 11.3. The van der Waals surface area contributed by atoms with E-state index in [1.54, 1.807) is 11.8 Å². The first-order chi connectivity index (χ1) is 7.51. The molecule has 0 bridgehead atoms. The second kappa shape index (κ2) is 6.28. The molecular formula is C13H20OSSi. The zero-order valence-electron chi connectivity index (χ0n) is 10.2. The van der Waals surface area contributed by atoms with Gasteiger partial charge in [0.1, 0.15) is 0 Å². The van der Waals surface area contributed by atoms with Gasteiger partial charge < -0.3 is 5.11 Å². The molecule has 0 unspecified atom stereocenters. The van der Waals surface area contributed by atoms with E-state index in [4.69, 9.17) is 0 Å². The minimum atomic E-state index is -1.12. The quantitative estimate of drug-likeness (QED) is 0.631. The number of aliphatic hydroxyl groups is 1. The number of benzene rings is 1. The molecule has 0 fully saturated rings. The maximum absolute atomic E-state index is 9.31. The fourth-order valence-electron chi connectivity index (χ4n) is 1.47. The summed E-state index contributed by atoms with van der Waals surface area (Å²) in [5.41, 5.74) is 1.16. The SMILES string of the molecule is C[Si](C)(C)C/C(=C\Sc1ccccc1)CO. The minimum Gasteiger partial charge on any atom is -0.392 e. The Hall–Kier alpha value is -0.513. The van der Waals surface area contributed by atoms with Crippen molar-refractivity contribution in [2.24, 2.45) is 0 Å². The Kier molecular flexibility index (Phi) is 5.32. The molecule has 1 rings (SSSR count). The van der Waals surface area contributed by atoms with Crippen LogP contribution in [-0.4, -0.2) is 19.8 Å². The van der Waals surface area contributed by atoms with Crippen LogP contribution in [0, 0.1) is 0 Å². The molecule has 1 N–H and O–H groups in total. The molecule has 0 radical (unpaired) electrons. The standard InChI is InChI=1S/C13H20OSSi/c1-16(2,3)11-12(9-14)10-15-13-7-5-4-6-8-13/h4-8,10,14H,9,11H2,1-3H3/b12-10-. The van der Waals surface area contributed by atoms with Gasteiger partial charge in [-0.25, -0.2) is 0 Å². The van der Waals surface area contributed by atoms with Gasteiger partial charge >= 0.3 is 0 Å². The van der Waals surface area contributed by atoms with Gasteiger partial charge in [0.15, 0.2) is 0 Å². The normalized spacial score (nSPS) is 12.9. The van der Waals surface area contributed by atoms with Crippen LogP contribution in [-0.2, 0) is 0 Å². The lowest BCUT2D eigenvalue weighted by atomic mass is 10.4. The monoisotopic (exact) mass is 252 g/mol. The second-order valence-corrected chi connectivity index (χ2v) is 11.5. The Bertz CT molecular complexity index is 341. The van der Waals surface area contributed by atoms with Crippen LogP contribution in [0.25, 0.3) is 0 Å². The highest BCUT2D eigenvalue weighted by Gasteiger charge is 2.14. The average Bonchev–Trinajstić information content (AvgIpc) is 2.24. The van der Waals surface area contributed by atoms with Crippen molar-refractivity contribution >= 4 is 19.8 Å². The molecule has 0 saturated heterocycles. The maximum atomic E-state index is 9.31. The molecule has 0 aliphatic rings. The van der Waals surface area contributed by atoms with Gasteiger partial charge in [0.25, 0.3) is 0 Å². The molecule has 0 spiro atoms. The van der Waals surface area contributed by atoms with E-state index < -0.39 is 8.07 Å². The van der Waals surface area contributed by atoms with Gasteiger partial charge in [-0.15, -0.1) is 0 Å². The molecule has 0 heterocycles. The Labute approximate surface area is 104 Å². The molecular weight excluding hydrogens is 232 g/mol. The van der Waals surface area contributed by atoms with Gasteiger partial charge in [0, 0.05) is 13.0 Å². The first kappa shape index (κ1) is 13.6. The molecule has 3 heteroatoms. The third kappa shape index (κ3) is 5.54. The van der Waals surface area contributed by atoms with Crippen LogP contribution in [0.5, 0.6) is 0 Å².